The number of rotatable bonds is 41. The van der Waals surface area contributed by atoms with Gasteiger partial charge in [-0.15, -0.1) is 0 Å². The molecule has 1 aliphatic heterocycles. The zero-order valence-electron chi connectivity index (χ0n) is 37.3. The molecule has 0 aromatic heterocycles. The van der Waals surface area contributed by atoms with Crippen LogP contribution >= 0.6 is 0 Å². The number of unbranched alkanes of at least 4 members (excludes halogenated alkanes) is 28. The van der Waals surface area contributed by atoms with Gasteiger partial charge in [0.05, 0.1) is 13.2 Å². The van der Waals surface area contributed by atoms with Crippen LogP contribution in [0, 0.1) is 0 Å². The molecule has 10 nitrogen and oxygen atoms in total. The molecule has 1 rings (SSSR count). The van der Waals surface area contributed by atoms with E-state index in [1.54, 1.807) is 0 Å². The standard InChI is InChI=1S/C48H90O10/c1-3-5-7-9-11-13-15-17-19-20-21-23-24-26-28-30-32-34-36-43(50)55-39-41(40-56-48-47(54)46(53)45(52)42(38-49)58-48)57-44(51)37-35-33-31-29-27-25-22-18-16-14-12-10-8-6-4-2/h31,33,41-42,45-49,52-54H,3-30,32,34-40H2,1-2H3/b33-31+/t41-,42-,45+,46?,47?,48-/m0/s1. The van der Waals surface area contributed by atoms with Crippen LogP contribution in [0.3, 0.4) is 0 Å². The number of aliphatic hydroxyl groups is 4. The van der Waals surface area contributed by atoms with Crippen LogP contribution in [0.2, 0.25) is 0 Å². The van der Waals surface area contributed by atoms with Crippen LogP contribution in [0.1, 0.15) is 226 Å². The van der Waals surface area contributed by atoms with Gasteiger partial charge < -0.3 is 39.4 Å². The normalized spacial score (nSPS) is 20.1. The molecule has 0 aromatic rings. The van der Waals surface area contributed by atoms with Gasteiger partial charge in [-0.2, -0.15) is 0 Å². The summed E-state index contributed by atoms with van der Waals surface area (Å²) in [5.74, 6) is -0.850. The SMILES string of the molecule is CCCCCCCCCCCCC/C=C/CCC(=O)O[C@@H](COC(=O)CCCCCCCCCCCCCCCCCCCC)CO[C@H]1O[C@@H](CO)[C@@H](O)C(O)C1O. The average Bonchev–Trinajstić information content (AvgIpc) is 3.22. The molecule has 10 heteroatoms. The molecule has 0 radical (unpaired) electrons. The molecule has 1 saturated heterocycles. The Balaban J connectivity index is 2.29. The first-order valence-corrected chi connectivity index (χ1v) is 24.3. The maximum Gasteiger partial charge on any atom is 0.306 e. The van der Waals surface area contributed by atoms with Crippen LogP contribution < -0.4 is 0 Å². The maximum absolute atomic E-state index is 12.8. The summed E-state index contributed by atoms with van der Waals surface area (Å²) in [7, 11) is 0. The Labute approximate surface area is 354 Å². The number of allylic oxidation sites excluding steroid dienone is 2. The third kappa shape index (κ3) is 30.5. The summed E-state index contributed by atoms with van der Waals surface area (Å²) >= 11 is 0. The lowest BCUT2D eigenvalue weighted by atomic mass is 9.99. The largest absolute Gasteiger partial charge is 0.462 e. The van der Waals surface area contributed by atoms with Crippen molar-refractivity contribution in [3.05, 3.63) is 12.2 Å². The molecule has 1 fully saturated rings. The predicted molar refractivity (Wildman–Crippen MR) is 233 cm³/mol. The van der Waals surface area contributed by atoms with Crippen LogP contribution in [0.15, 0.2) is 12.2 Å². The third-order valence-electron chi connectivity index (χ3n) is 11.4. The molecule has 0 aromatic carbocycles. The average molecular weight is 827 g/mol. The van der Waals surface area contributed by atoms with Gasteiger partial charge >= 0.3 is 11.9 Å². The lowest BCUT2D eigenvalue weighted by Gasteiger charge is -2.39. The van der Waals surface area contributed by atoms with E-state index in [0.717, 1.165) is 32.1 Å². The topological polar surface area (TPSA) is 152 Å². The zero-order valence-corrected chi connectivity index (χ0v) is 37.3. The van der Waals surface area contributed by atoms with Crippen LogP contribution in [0.5, 0.6) is 0 Å². The van der Waals surface area contributed by atoms with Gasteiger partial charge in [0.25, 0.3) is 0 Å². The van der Waals surface area contributed by atoms with E-state index >= 15 is 0 Å². The Bertz CT molecular complexity index is 959. The number of esters is 2. The van der Waals surface area contributed by atoms with Gasteiger partial charge in [0.2, 0.25) is 0 Å². The van der Waals surface area contributed by atoms with Crippen molar-refractivity contribution in [3.63, 3.8) is 0 Å². The minimum absolute atomic E-state index is 0.151. The van der Waals surface area contributed by atoms with Gasteiger partial charge in [-0.1, -0.05) is 199 Å². The minimum Gasteiger partial charge on any atom is -0.462 e. The van der Waals surface area contributed by atoms with Crippen LogP contribution in [-0.4, -0.2) is 89.0 Å². The van der Waals surface area contributed by atoms with E-state index < -0.39 is 49.4 Å². The summed E-state index contributed by atoms with van der Waals surface area (Å²) in [5, 5.41) is 40.1. The van der Waals surface area contributed by atoms with E-state index in [4.69, 9.17) is 18.9 Å². The van der Waals surface area contributed by atoms with E-state index in [9.17, 15) is 30.0 Å². The van der Waals surface area contributed by atoms with Crippen molar-refractivity contribution in [1.29, 1.82) is 0 Å². The van der Waals surface area contributed by atoms with Crippen molar-refractivity contribution < 1.29 is 49.0 Å². The molecule has 2 unspecified atom stereocenters. The fourth-order valence-electron chi connectivity index (χ4n) is 7.56. The molecule has 0 aliphatic carbocycles. The first-order chi connectivity index (χ1) is 28.3. The number of hydrogen-bond acceptors (Lipinski definition) is 10. The van der Waals surface area contributed by atoms with E-state index in [1.807, 2.05) is 6.08 Å². The summed E-state index contributed by atoms with van der Waals surface area (Å²) in [6.45, 7) is 3.42. The van der Waals surface area contributed by atoms with Gasteiger partial charge in [0, 0.05) is 12.8 Å². The van der Waals surface area contributed by atoms with Gasteiger partial charge in [-0.05, 0) is 25.7 Å². The molecular weight excluding hydrogens is 737 g/mol. The lowest BCUT2D eigenvalue weighted by Crippen LogP contribution is -2.59. The fraction of sp³-hybridized carbons (Fsp3) is 0.917. The van der Waals surface area contributed by atoms with E-state index in [1.165, 1.54) is 161 Å². The molecule has 0 spiro atoms. The molecule has 1 heterocycles. The molecule has 342 valence electrons. The predicted octanol–water partition coefficient (Wildman–Crippen LogP) is 10.7. The Morgan fingerprint density at radius 1 is 0.517 bits per heavy atom. The fourth-order valence-corrected chi connectivity index (χ4v) is 7.56. The molecule has 0 saturated carbocycles. The molecule has 0 amide bonds. The molecule has 0 bridgehead atoms. The highest BCUT2D eigenvalue weighted by Crippen LogP contribution is 2.23. The summed E-state index contributed by atoms with van der Waals surface area (Å²) in [4.78, 5) is 25.3. The highest BCUT2D eigenvalue weighted by atomic mass is 16.7. The Kier molecular flexibility index (Phi) is 37.2. The van der Waals surface area contributed by atoms with Crippen molar-refractivity contribution in [2.75, 3.05) is 19.8 Å². The summed E-state index contributed by atoms with van der Waals surface area (Å²) in [6.07, 6.45) is 35.2. The Morgan fingerprint density at radius 3 is 1.41 bits per heavy atom. The van der Waals surface area contributed by atoms with Gasteiger partial charge in [0.1, 0.15) is 31.0 Å². The zero-order chi connectivity index (χ0) is 42.3. The summed E-state index contributed by atoms with van der Waals surface area (Å²) in [6, 6.07) is 0. The third-order valence-corrected chi connectivity index (χ3v) is 11.4. The van der Waals surface area contributed by atoms with Gasteiger partial charge in [-0.25, -0.2) is 0 Å². The second kappa shape index (κ2) is 39.6. The van der Waals surface area contributed by atoms with Crippen molar-refractivity contribution >= 4 is 11.9 Å². The van der Waals surface area contributed by atoms with Crippen LogP contribution in [0.4, 0.5) is 0 Å². The Morgan fingerprint density at radius 2 is 0.948 bits per heavy atom. The van der Waals surface area contributed by atoms with Crippen molar-refractivity contribution in [1.82, 2.24) is 0 Å². The summed E-state index contributed by atoms with van der Waals surface area (Å²) in [5.41, 5.74) is 0. The monoisotopic (exact) mass is 827 g/mol. The molecule has 58 heavy (non-hydrogen) atoms. The molecule has 4 N–H and O–H groups in total. The number of carbonyl (C=O) groups excluding carboxylic acids is 2. The second-order valence-electron chi connectivity index (χ2n) is 16.9. The number of hydrogen-bond donors (Lipinski definition) is 4. The van der Waals surface area contributed by atoms with E-state index in [-0.39, 0.29) is 32.0 Å². The van der Waals surface area contributed by atoms with Crippen molar-refractivity contribution in [2.24, 2.45) is 0 Å². The smallest absolute Gasteiger partial charge is 0.306 e. The van der Waals surface area contributed by atoms with Crippen molar-refractivity contribution in [2.45, 2.75) is 263 Å². The first-order valence-electron chi connectivity index (χ1n) is 24.3. The van der Waals surface area contributed by atoms with Crippen LogP contribution in [-0.2, 0) is 28.5 Å². The highest BCUT2D eigenvalue weighted by molar-refractivity contribution is 5.70. The van der Waals surface area contributed by atoms with E-state index in [2.05, 4.69) is 19.9 Å². The van der Waals surface area contributed by atoms with Gasteiger partial charge in [-0.3, -0.25) is 9.59 Å². The number of ether oxygens (including phenoxy) is 4. The lowest BCUT2D eigenvalue weighted by molar-refractivity contribution is -0.305. The first kappa shape index (κ1) is 54.5. The van der Waals surface area contributed by atoms with Gasteiger partial charge in [0.15, 0.2) is 12.4 Å². The van der Waals surface area contributed by atoms with Crippen molar-refractivity contribution in [3.8, 4) is 0 Å². The van der Waals surface area contributed by atoms with E-state index in [0.29, 0.717) is 6.42 Å². The highest BCUT2D eigenvalue weighted by Gasteiger charge is 2.44. The minimum atomic E-state index is -1.60. The molecular formula is C48H90O10. The quantitative estimate of drug-likeness (QED) is 0.0266. The number of aliphatic hydroxyl groups excluding tert-OH is 4. The van der Waals surface area contributed by atoms with Crippen LogP contribution in [0.25, 0.3) is 0 Å². The second-order valence-corrected chi connectivity index (χ2v) is 16.9. The summed E-state index contributed by atoms with van der Waals surface area (Å²) < 4.78 is 22.2. The Hall–Kier alpha value is -1.56. The molecule has 1 aliphatic rings. The molecule has 6 atom stereocenters. The maximum atomic E-state index is 12.8. The number of carbonyl (C=O) groups is 2.